The van der Waals surface area contributed by atoms with Gasteiger partial charge in [-0.05, 0) is 56.3 Å². The minimum Gasteiger partial charge on any atom is -0.378 e. The van der Waals surface area contributed by atoms with Gasteiger partial charge < -0.3 is 15.0 Å². The molecule has 1 heterocycles. The number of ether oxygens (including phenoxy) is 1. The number of urea groups is 1. The van der Waals surface area contributed by atoms with Crippen LogP contribution in [0, 0.1) is 17.8 Å². The van der Waals surface area contributed by atoms with Crippen molar-refractivity contribution < 1.29 is 9.53 Å². The summed E-state index contributed by atoms with van der Waals surface area (Å²) in [6, 6.07) is 0.158. The van der Waals surface area contributed by atoms with E-state index in [1.807, 2.05) is 4.90 Å². The number of rotatable bonds is 1. The largest absolute Gasteiger partial charge is 0.378 e. The molecule has 0 unspecified atom stereocenters. The maximum atomic E-state index is 12.4. The Kier molecular flexibility index (Phi) is 2.76. The number of hydrogen-bond acceptors (Lipinski definition) is 2. The van der Waals surface area contributed by atoms with Crippen LogP contribution in [0.1, 0.15) is 38.5 Å². The van der Waals surface area contributed by atoms with Crippen molar-refractivity contribution in [2.75, 3.05) is 26.3 Å². The third-order valence-corrected chi connectivity index (χ3v) is 5.71. The number of amides is 2. The zero-order valence-electron chi connectivity index (χ0n) is 11.6. The number of carbonyl (C=O) groups excluding carboxylic acids is 1. The fraction of sp³-hybridized carbons (Fsp3) is 0.933. The number of nitrogens with zero attached hydrogens (tertiary/aromatic N) is 1. The van der Waals surface area contributed by atoms with Crippen molar-refractivity contribution in [3.63, 3.8) is 0 Å². The van der Waals surface area contributed by atoms with Crippen molar-refractivity contribution >= 4 is 6.03 Å². The average Bonchev–Trinajstić information content (AvgIpc) is 2.37. The standard InChI is InChI=1S/C15H24N2O2/c18-14(17-1-3-19-4-2-17)16-15-8-11-5-12(9-15)7-13(6-11)10-15/h11-13H,1-10H2,(H,16,18). The second-order valence-electron chi connectivity index (χ2n) is 7.23. The maximum absolute atomic E-state index is 12.4. The summed E-state index contributed by atoms with van der Waals surface area (Å²) in [7, 11) is 0. The molecule has 0 aromatic rings. The average molecular weight is 264 g/mol. The van der Waals surface area contributed by atoms with Crippen LogP contribution in [0.5, 0.6) is 0 Å². The van der Waals surface area contributed by atoms with Crippen molar-refractivity contribution in [1.82, 2.24) is 10.2 Å². The van der Waals surface area contributed by atoms with Crippen LogP contribution < -0.4 is 5.32 Å². The smallest absolute Gasteiger partial charge is 0.317 e. The van der Waals surface area contributed by atoms with E-state index in [4.69, 9.17) is 4.74 Å². The van der Waals surface area contributed by atoms with Gasteiger partial charge in [-0.1, -0.05) is 0 Å². The molecule has 0 aromatic carbocycles. The Balaban J connectivity index is 1.45. The first-order chi connectivity index (χ1) is 9.22. The van der Waals surface area contributed by atoms with E-state index >= 15 is 0 Å². The molecule has 19 heavy (non-hydrogen) atoms. The first-order valence-corrected chi connectivity index (χ1v) is 7.87. The highest BCUT2D eigenvalue weighted by Crippen LogP contribution is 2.55. The molecule has 4 nitrogen and oxygen atoms in total. The lowest BCUT2D eigenvalue weighted by molar-refractivity contribution is -0.0185. The van der Waals surface area contributed by atoms with E-state index < -0.39 is 0 Å². The van der Waals surface area contributed by atoms with Gasteiger partial charge in [-0.25, -0.2) is 4.79 Å². The molecular formula is C15H24N2O2. The van der Waals surface area contributed by atoms with Crippen LogP contribution in [0.4, 0.5) is 4.79 Å². The molecule has 0 spiro atoms. The zero-order chi connectivity index (χ0) is 12.9. The van der Waals surface area contributed by atoms with E-state index in [-0.39, 0.29) is 11.6 Å². The summed E-state index contributed by atoms with van der Waals surface area (Å²) in [6.07, 6.45) is 7.96. The van der Waals surface area contributed by atoms with Crippen molar-refractivity contribution in [3.8, 4) is 0 Å². The van der Waals surface area contributed by atoms with Gasteiger partial charge in [-0.2, -0.15) is 0 Å². The highest BCUT2D eigenvalue weighted by atomic mass is 16.5. The Bertz CT molecular complexity index is 341. The maximum Gasteiger partial charge on any atom is 0.317 e. The predicted molar refractivity (Wildman–Crippen MR) is 71.8 cm³/mol. The lowest BCUT2D eigenvalue weighted by Crippen LogP contribution is -2.62. The summed E-state index contributed by atoms with van der Waals surface area (Å²) in [4.78, 5) is 14.4. The van der Waals surface area contributed by atoms with Crippen LogP contribution in [0.15, 0.2) is 0 Å². The van der Waals surface area contributed by atoms with E-state index in [1.54, 1.807) is 0 Å². The molecule has 4 aliphatic carbocycles. The fourth-order valence-corrected chi connectivity index (χ4v) is 5.34. The Morgan fingerprint density at radius 2 is 1.53 bits per heavy atom. The van der Waals surface area contributed by atoms with Gasteiger partial charge in [0, 0.05) is 18.6 Å². The van der Waals surface area contributed by atoms with Crippen LogP contribution in [0.3, 0.4) is 0 Å². The molecule has 0 aromatic heterocycles. The third kappa shape index (κ3) is 2.14. The van der Waals surface area contributed by atoms with Crippen LogP contribution >= 0.6 is 0 Å². The highest BCUT2D eigenvalue weighted by molar-refractivity contribution is 5.75. The topological polar surface area (TPSA) is 41.6 Å². The Morgan fingerprint density at radius 3 is 2.05 bits per heavy atom. The van der Waals surface area contributed by atoms with E-state index in [9.17, 15) is 4.79 Å². The SMILES string of the molecule is O=C(NC12CC3CC(CC(C3)C1)C2)N1CCOCC1. The summed E-state index contributed by atoms with van der Waals surface area (Å²) < 4.78 is 5.32. The van der Waals surface area contributed by atoms with Crippen LogP contribution in [-0.2, 0) is 4.74 Å². The molecule has 0 atom stereocenters. The molecule has 5 aliphatic rings. The van der Waals surface area contributed by atoms with E-state index in [1.165, 1.54) is 38.5 Å². The normalized spacial score (nSPS) is 44.4. The Hall–Kier alpha value is -0.770. The summed E-state index contributed by atoms with van der Waals surface area (Å²) in [5, 5.41) is 3.43. The quantitative estimate of drug-likeness (QED) is 0.787. The molecule has 4 saturated carbocycles. The number of hydrogen-bond donors (Lipinski definition) is 1. The Labute approximate surface area is 114 Å². The second-order valence-corrected chi connectivity index (χ2v) is 7.23. The van der Waals surface area contributed by atoms with Crippen molar-refractivity contribution in [3.05, 3.63) is 0 Å². The monoisotopic (exact) mass is 264 g/mol. The minimum atomic E-state index is 0.143. The van der Waals surface area contributed by atoms with Crippen molar-refractivity contribution in [1.29, 1.82) is 0 Å². The molecule has 1 N–H and O–H groups in total. The zero-order valence-corrected chi connectivity index (χ0v) is 11.6. The first kappa shape index (κ1) is 12.0. The molecule has 1 aliphatic heterocycles. The number of nitrogens with one attached hydrogen (secondary N) is 1. The van der Waals surface area contributed by atoms with E-state index in [0.717, 1.165) is 30.8 Å². The van der Waals surface area contributed by atoms with Gasteiger partial charge >= 0.3 is 6.03 Å². The highest BCUT2D eigenvalue weighted by Gasteiger charge is 2.51. The van der Waals surface area contributed by atoms with Crippen LogP contribution in [0.2, 0.25) is 0 Å². The molecule has 5 fully saturated rings. The minimum absolute atomic E-state index is 0.143. The van der Waals surface area contributed by atoms with Gasteiger partial charge in [0.2, 0.25) is 0 Å². The van der Waals surface area contributed by atoms with Gasteiger partial charge in [0.05, 0.1) is 13.2 Å². The lowest BCUT2D eigenvalue weighted by Gasteiger charge is -2.57. The Morgan fingerprint density at radius 1 is 1.00 bits per heavy atom. The van der Waals surface area contributed by atoms with Gasteiger partial charge in [0.15, 0.2) is 0 Å². The molecule has 1 saturated heterocycles. The molecule has 0 radical (unpaired) electrons. The fourth-order valence-electron chi connectivity index (χ4n) is 5.34. The molecule has 4 bridgehead atoms. The summed E-state index contributed by atoms with van der Waals surface area (Å²) in [6.45, 7) is 2.87. The van der Waals surface area contributed by atoms with E-state index in [2.05, 4.69) is 5.32 Å². The predicted octanol–water partition coefficient (Wildman–Crippen LogP) is 2.00. The molecule has 5 rings (SSSR count). The molecule has 106 valence electrons. The van der Waals surface area contributed by atoms with Crippen molar-refractivity contribution in [2.45, 2.75) is 44.1 Å². The van der Waals surface area contributed by atoms with Gasteiger partial charge in [0.1, 0.15) is 0 Å². The first-order valence-electron chi connectivity index (χ1n) is 7.87. The van der Waals surface area contributed by atoms with Gasteiger partial charge in [-0.3, -0.25) is 0 Å². The number of carbonyl (C=O) groups is 1. The summed E-state index contributed by atoms with van der Waals surface area (Å²) in [5.41, 5.74) is 0.143. The van der Waals surface area contributed by atoms with Crippen LogP contribution in [0.25, 0.3) is 0 Å². The third-order valence-electron chi connectivity index (χ3n) is 5.71. The lowest BCUT2D eigenvalue weighted by atomic mass is 9.53. The number of morpholine rings is 1. The molecular weight excluding hydrogens is 240 g/mol. The second kappa shape index (κ2) is 4.37. The summed E-state index contributed by atoms with van der Waals surface area (Å²) >= 11 is 0. The van der Waals surface area contributed by atoms with E-state index in [0.29, 0.717) is 13.2 Å². The summed E-state index contributed by atoms with van der Waals surface area (Å²) in [5.74, 6) is 2.66. The van der Waals surface area contributed by atoms with Crippen LogP contribution in [-0.4, -0.2) is 42.8 Å². The molecule has 4 heteroatoms. The van der Waals surface area contributed by atoms with Gasteiger partial charge in [-0.15, -0.1) is 0 Å². The molecule has 2 amide bonds. The van der Waals surface area contributed by atoms with Crippen molar-refractivity contribution in [2.24, 2.45) is 17.8 Å². The van der Waals surface area contributed by atoms with Gasteiger partial charge in [0.25, 0.3) is 0 Å².